The van der Waals surface area contributed by atoms with Crippen LogP contribution in [0.5, 0.6) is 0 Å². The smallest absolute Gasteiger partial charge is 0.279 e. The van der Waals surface area contributed by atoms with E-state index in [0.29, 0.717) is 11.6 Å². The van der Waals surface area contributed by atoms with Gasteiger partial charge in [-0.25, -0.2) is 4.98 Å². The Bertz CT molecular complexity index is 591. The molecule has 0 atom stereocenters. The summed E-state index contributed by atoms with van der Waals surface area (Å²) in [4.78, 5) is 16.4. The van der Waals surface area contributed by atoms with Crippen molar-refractivity contribution in [2.24, 2.45) is 7.05 Å². The van der Waals surface area contributed by atoms with Crippen LogP contribution >= 0.6 is 0 Å². The van der Waals surface area contributed by atoms with Gasteiger partial charge in [-0.1, -0.05) is 0 Å². The molecule has 78 valence electrons. The van der Waals surface area contributed by atoms with Crippen molar-refractivity contribution < 1.29 is 0 Å². The molecule has 0 radical (unpaired) electrons. The van der Waals surface area contributed by atoms with Gasteiger partial charge < -0.3 is 0 Å². The number of nitrogens with zero attached hydrogens (tertiary/aromatic N) is 4. The zero-order valence-electron chi connectivity index (χ0n) is 8.77. The first-order valence-corrected chi connectivity index (χ1v) is 5.09. The van der Waals surface area contributed by atoms with E-state index in [1.165, 1.54) is 0 Å². The summed E-state index contributed by atoms with van der Waals surface area (Å²) < 4.78 is 3.35. The van der Waals surface area contributed by atoms with Crippen LogP contribution in [-0.4, -0.2) is 19.3 Å². The predicted octanol–water partition coefficient (Wildman–Crippen LogP) is 0.773. The van der Waals surface area contributed by atoms with Gasteiger partial charge >= 0.3 is 0 Å². The number of aromatic nitrogens is 4. The second-order valence-electron chi connectivity index (χ2n) is 4.09. The Morgan fingerprint density at radius 1 is 1.47 bits per heavy atom. The molecule has 0 spiro atoms. The van der Waals surface area contributed by atoms with E-state index in [4.69, 9.17) is 0 Å². The fraction of sp³-hybridized carbons (Fsp3) is 0.500. The number of hydrogen-bond acceptors (Lipinski definition) is 3. The Labute approximate surface area is 86.3 Å². The van der Waals surface area contributed by atoms with Crippen LogP contribution in [0.4, 0.5) is 0 Å². The van der Waals surface area contributed by atoms with Crippen LogP contribution in [0.15, 0.2) is 11.1 Å². The van der Waals surface area contributed by atoms with Crippen LogP contribution in [0.1, 0.15) is 24.6 Å². The van der Waals surface area contributed by atoms with Crippen molar-refractivity contribution in [2.45, 2.75) is 25.8 Å². The molecule has 5 nitrogen and oxygen atoms in total. The molecular weight excluding hydrogens is 192 g/mol. The molecule has 5 heteroatoms. The summed E-state index contributed by atoms with van der Waals surface area (Å²) in [6.07, 6.45) is 3.82. The molecule has 0 unspecified atom stereocenters. The highest BCUT2D eigenvalue weighted by atomic mass is 16.1. The summed E-state index contributed by atoms with van der Waals surface area (Å²) >= 11 is 0. The second-order valence-corrected chi connectivity index (χ2v) is 4.09. The fourth-order valence-electron chi connectivity index (χ4n) is 1.95. The second kappa shape index (κ2) is 2.68. The zero-order valence-corrected chi connectivity index (χ0v) is 8.77. The highest BCUT2D eigenvalue weighted by molar-refractivity contribution is 5.75. The lowest BCUT2D eigenvalue weighted by molar-refractivity contribution is 0.688. The third-order valence-electron chi connectivity index (χ3n) is 2.88. The van der Waals surface area contributed by atoms with Crippen LogP contribution in [0.3, 0.4) is 0 Å². The van der Waals surface area contributed by atoms with Gasteiger partial charge in [0, 0.05) is 13.1 Å². The highest BCUT2D eigenvalue weighted by Gasteiger charge is 2.26. The molecule has 2 aromatic rings. The number of fused-ring (bicyclic) bond motifs is 1. The third-order valence-corrected chi connectivity index (χ3v) is 2.88. The van der Waals surface area contributed by atoms with E-state index < -0.39 is 0 Å². The van der Waals surface area contributed by atoms with Crippen molar-refractivity contribution in [1.29, 1.82) is 0 Å². The SMILES string of the molecule is Cc1nn(C)c2c(=O)n(C3CC3)cnc12. The van der Waals surface area contributed by atoms with Gasteiger partial charge in [-0.2, -0.15) is 5.10 Å². The number of rotatable bonds is 1. The van der Waals surface area contributed by atoms with Gasteiger partial charge in [0.05, 0.1) is 12.0 Å². The summed E-state index contributed by atoms with van der Waals surface area (Å²) in [5, 5.41) is 4.21. The topological polar surface area (TPSA) is 52.7 Å². The maximum absolute atomic E-state index is 12.1. The van der Waals surface area contributed by atoms with Gasteiger partial charge in [0.25, 0.3) is 5.56 Å². The average molecular weight is 204 g/mol. The summed E-state index contributed by atoms with van der Waals surface area (Å²) in [6.45, 7) is 1.87. The molecule has 0 aliphatic heterocycles. The lowest BCUT2D eigenvalue weighted by atomic mass is 10.3. The minimum Gasteiger partial charge on any atom is -0.294 e. The first-order valence-electron chi connectivity index (χ1n) is 5.09. The average Bonchev–Trinajstić information content (AvgIpc) is 2.96. The quantitative estimate of drug-likeness (QED) is 0.689. The highest BCUT2D eigenvalue weighted by Crippen LogP contribution is 2.33. The lowest BCUT2D eigenvalue weighted by Gasteiger charge is -2.02. The van der Waals surface area contributed by atoms with Crippen LogP contribution in [0, 0.1) is 6.92 Å². The van der Waals surface area contributed by atoms with E-state index in [2.05, 4.69) is 10.1 Å². The molecule has 1 aliphatic carbocycles. The molecule has 0 amide bonds. The number of aryl methyl sites for hydroxylation is 2. The molecule has 0 N–H and O–H groups in total. The van der Waals surface area contributed by atoms with Gasteiger partial charge in [0.15, 0.2) is 5.52 Å². The maximum atomic E-state index is 12.1. The fourth-order valence-corrected chi connectivity index (χ4v) is 1.95. The van der Waals surface area contributed by atoms with Crippen LogP contribution < -0.4 is 5.56 Å². The standard InChI is InChI=1S/C10H12N4O/c1-6-8-9(13(2)12-6)10(15)14(5-11-8)7-3-4-7/h5,7H,3-4H2,1-2H3. The molecule has 0 saturated heterocycles. The Kier molecular flexibility index (Phi) is 1.55. The summed E-state index contributed by atoms with van der Waals surface area (Å²) in [7, 11) is 1.79. The molecule has 2 heterocycles. The molecule has 1 fully saturated rings. The molecule has 3 rings (SSSR count). The first kappa shape index (κ1) is 8.64. The van der Waals surface area contributed by atoms with E-state index >= 15 is 0 Å². The molecular formula is C10H12N4O. The van der Waals surface area contributed by atoms with E-state index in [0.717, 1.165) is 24.1 Å². The Hall–Kier alpha value is -1.65. The van der Waals surface area contributed by atoms with E-state index in [9.17, 15) is 4.79 Å². The Morgan fingerprint density at radius 3 is 2.87 bits per heavy atom. The molecule has 2 aromatic heterocycles. The maximum Gasteiger partial charge on any atom is 0.279 e. The van der Waals surface area contributed by atoms with Crippen molar-refractivity contribution in [3.8, 4) is 0 Å². The van der Waals surface area contributed by atoms with E-state index in [1.54, 1.807) is 22.6 Å². The van der Waals surface area contributed by atoms with Gasteiger partial charge in [-0.3, -0.25) is 14.0 Å². The lowest BCUT2D eigenvalue weighted by Crippen LogP contribution is -2.21. The van der Waals surface area contributed by atoms with Crippen molar-refractivity contribution in [2.75, 3.05) is 0 Å². The Morgan fingerprint density at radius 2 is 2.20 bits per heavy atom. The largest absolute Gasteiger partial charge is 0.294 e. The minimum absolute atomic E-state index is 0.0330. The van der Waals surface area contributed by atoms with Crippen molar-refractivity contribution in [3.05, 3.63) is 22.4 Å². The van der Waals surface area contributed by atoms with Crippen molar-refractivity contribution >= 4 is 11.0 Å². The van der Waals surface area contributed by atoms with E-state index in [-0.39, 0.29) is 5.56 Å². The Balaban J connectivity index is 2.41. The molecule has 15 heavy (non-hydrogen) atoms. The van der Waals surface area contributed by atoms with E-state index in [1.807, 2.05) is 6.92 Å². The van der Waals surface area contributed by atoms with Crippen LogP contribution in [-0.2, 0) is 7.05 Å². The summed E-state index contributed by atoms with van der Waals surface area (Å²) in [5.41, 5.74) is 2.18. The van der Waals surface area contributed by atoms with Gasteiger partial charge in [0.2, 0.25) is 0 Å². The normalized spacial score (nSPS) is 16.1. The molecule has 1 aliphatic rings. The molecule has 0 bridgehead atoms. The summed E-state index contributed by atoms with van der Waals surface area (Å²) in [6, 6.07) is 0.365. The van der Waals surface area contributed by atoms with Crippen molar-refractivity contribution in [3.63, 3.8) is 0 Å². The number of hydrogen-bond donors (Lipinski definition) is 0. The summed E-state index contributed by atoms with van der Waals surface area (Å²) in [5.74, 6) is 0. The molecule has 0 aromatic carbocycles. The van der Waals surface area contributed by atoms with Gasteiger partial charge in [-0.15, -0.1) is 0 Å². The monoisotopic (exact) mass is 204 g/mol. The third kappa shape index (κ3) is 1.12. The minimum atomic E-state index is 0.0330. The van der Waals surface area contributed by atoms with Gasteiger partial charge in [-0.05, 0) is 19.8 Å². The van der Waals surface area contributed by atoms with Crippen LogP contribution in [0.2, 0.25) is 0 Å². The first-order chi connectivity index (χ1) is 7.18. The molecule has 1 saturated carbocycles. The van der Waals surface area contributed by atoms with Crippen LogP contribution in [0.25, 0.3) is 11.0 Å². The zero-order chi connectivity index (χ0) is 10.6. The van der Waals surface area contributed by atoms with Gasteiger partial charge in [0.1, 0.15) is 5.52 Å². The van der Waals surface area contributed by atoms with Crippen molar-refractivity contribution in [1.82, 2.24) is 19.3 Å². The predicted molar refractivity (Wildman–Crippen MR) is 55.8 cm³/mol.